The smallest absolute Gasteiger partial charge is 0.0668 e. The maximum Gasteiger partial charge on any atom is 0.0668 e. The average Bonchev–Trinajstić information content (AvgIpc) is 2.76. The van der Waals surface area contributed by atoms with Crippen LogP contribution >= 0.6 is 15.9 Å². The second-order valence-electron chi connectivity index (χ2n) is 6.12. The van der Waals surface area contributed by atoms with Crippen LogP contribution in [0.25, 0.3) is 0 Å². The van der Waals surface area contributed by atoms with Gasteiger partial charge < -0.3 is 4.74 Å². The molecule has 104 valence electrons. The van der Waals surface area contributed by atoms with Gasteiger partial charge >= 0.3 is 0 Å². The summed E-state index contributed by atoms with van der Waals surface area (Å²) in [6.45, 7) is 5.59. The molecule has 0 bridgehead atoms. The molecule has 19 heavy (non-hydrogen) atoms. The topological polar surface area (TPSA) is 12.5 Å². The Labute approximate surface area is 124 Å². The Morgan fingerprint density at radius 3 is 2.89 bits per heavy atom. The van der Waals surface area contributed by atoms with Crippen LogP contribution in [0.15, 0.2) is 30.3 Å². The second-order valence-corrected chi connectivity index (χ2v) is 6.68. The summed E-state index contributed by atoms with van der Waals surface area (Å²) in [5, 5.41) is 1.06. The van der Waals surface area contributed by atoms with Crippen molar-refractivity contribution < 1.29 is 4.74 Å². The fourth-order valence-electron chi connectivity index (χ4n) is 3.70. The molecule has 0 aliphatic carbocycles. The second kappa shape index (κ2) is 5.55. The van der Waals surface area contributed by atoms with Crippen molar-refractivity contribution in [3.8, 4) is 0 Å². The van der Waals surface area contributed by atoms with Crippen molar-refractivity contribution in [3.05, 3.63) is 35.9 Å². The first kappa shape index (κ1) is 13.6. The van der Waals surface area contributed by atoms with Gasteiger partial charge in [-0.3, -0.25) is 4.90 Å². The molecule has 0 spiro atoms. The fraction of sp³-hybridized carbons (Fsp3) is 0.625. The van der Waals surface area contributed by atoms with E-state index in [1.54, 1.807) is 0 Å². The van der Waals surface area contributed by atoms with Crippen molar-refractivity contribution in [3.63, 3.8) is 0 Å². The van der Waals surface area contributed by atoms with Crippen molar-refractivity contribution in [2.24, 2.45) is 5.41 Å². The monoisotopic (exact) mass is 323 g/mol. The van der Waals surface area contributed by atoms with Crippen LogP contribution in [-0.4, -0.2) is 35.5 Å². The van der Waals surface area contributed by atoms with Gasteiger partial charge in [0.25, 0.3) is 0 Å². The van der Waals surface area contributed by atoms with Crippen LogP contribution in [0, 0.1) is 5.41 Å². The number of rotatable bonds is 3. The molecule has 1 aromatic carbocycles. The molecule has 0 aromatic heterocycles. The molecule has 3 unspecified atom stereocenters. The zero-order valence-corrected chi connectivity index (χ0v) is 13.1. The van der Waals surface area contributed by atoms with Crippen LogP contribution in [-0.2, 0) is 11.3 Å². The van der Waals surface area contributed by atoms with Crippen LogP contribution in [0.2, 0.25) is 0 Å². The van der Waals surface area contributed by atoms with Crippen molar-refractivity contribution in [2.75, 3.05) is 18.4 Å². The number of hydrogen-bond acceptors (Lipinski definition) is 2. The Hall–Kier alpha value is -0.380. The third-order valence-electron chi connectivity index (χ3n) is 4.53. The van der Waals surface area contributed by atoms with Gasteiger partial charge in [-0.2, -0.15) is 0 Å². The van der Waals surface area contributed by atoms with Crippen molar-refractivity contribution in [1.82, 2.24) is 4.90 Å². The van der Waals surface area contributed by atoms with Gasteiger partial charge in [-0.15, -0.1) is 0 Å². The Morgan fingerprint density at radius 2 is 2.16 bits per heavy atom. The molecule has 2 nitrogen and oxygen atoms in total. The number of likely N-dealkylation sites (tertiary alicyclic amines) is 1. The Balaban J connectivity index is 1.70. The molecule has 1 aromatic rings. The van der Waals surface area contributed by atoms with Crippen molar-refractivity contribution in [2.45, 2.75) is 38.5 Å². The van der Waals surface area contributed by atoms with E-state index >= 15 is 0 Å². The molecular weight excluding hydrogens is 302 g/mol. The van der Waals surface area contributed by atoms with E-state index in [9.17, 15) is 0 Å². The predicted molar refractivity (Wildman–Crippen MR) is 81.5 cm³/mol. The Kier molecular flexibility index (Phi) is 3.97. The number of alkyl halides is 1. The highest BCUT2D eigenvalue weighted by atomic mass is 79.9. The minimum Gasteiger partial charge on any atom is -0.375 e. The van der Waals surface area contributed by atoms with Gasteiger partial charge in [-0.05, 0) is 25.3 Å². The number of nitrogens with zero attached hydrogens (tertiary/aromatic N) is 1. The average molecular weight is 324 g/mol. The molecule has 2 saturated heterocycles. The van der Waals surface area contributed by atoms with Crippen molar-refractivity contribution >= 4 is 15.9 Å². The van der Waals surface area contributed by atoms with Crippen LogP contribution in [0.5, 0.6) is 0 Å². The SMILES string of the molecule is CC1CC2(CBr)CN(Cc3ccccc3)CCC2O1. The van der Waals surface area contributed by atoms with Gasteiger partial charge in [0.05, 0.1) is 12.2 Å². The zero-order valence-electron chi connectivity index (χ0n) is 11.5. The molecule has 0 amide bonds. The normalized spacial score (nSPS) is 35.3. The lowest BCUT2D eigenvalue weighted by molar-refractivity contribution is -0.0251. The molecule has 2 aliphatic heterocycles. The largest absolute Gasteiger partial charge is 0.375 e. The first-order valence-electron chi connectivity index (χ1n) is 7.19. The Bertz CT molecular complexity index is 424. The van der Waals surface area contributed by atoms with Gasteiger partial charge in [0, 0.05) is 30.4 Å². The Morgan fingerprint density at radius 1 is 1.37 bits per heavy atom. The van der Waals surface area contributed by atoms with E-state index in [-0.39, 0.29) is 0 Å². The summed E-state index contributed by atoms with van der Waals surface area (Å²) in [5.41, 5.74) is 1.74. The summed E-state index contributed by atoms with van der Waals surface area (Å²) in [6, 6.07) is 10.8. The molecule has 0 radical (unpaired) electrons. The first-order chi connectivity index (χ1) is 9.22. The van der Waals surface area contributed by atoms with Crippen LogP contribution in [0.4, 0.5) is 0 Å². The molecule has 2 fully saturated rings. The molecule has 3 heteroatoms. The first-order valence-corrected chi connectivity index (χ1v) is 8.32. The highest BCUT2D eigenvalue weighted by molar-refractivity contribution is 9.09. The third-order valence-corrected chi connectivity index (χ3v) is 5.65. The number of halogens is 1. The maximum atomic E-state index is 6.10. The van der Waals surface area contributed by atoms with Crippen molar-refractivity contribution in [1.29, 1.82) is 0 Å². The standard InChI is InChI=1S/C16H22BrNO/c1-13-9-16(11-17)12-18(8-7-15(16)19-13)10-14-5-3-2-4-6-14/h2-6,13,15H,7-12H2,1H3. The third kappa shape index (κ3) is 2.74. The molecule has 2 aliphatic rings. The van der Waals surface area contributed by atoms with Gasteiger partial charge in [-0.1, -0.05) is 46.3 Å². The lowest BCUT2D eigenvalue weighted by Crippen LogP contribution is -2.50. The molecule has 3 rings (SSSR count). The number of benzene rings is 1. The van der Waals surface area contributed by atoms with E-state index < -0.39 is 0 Å². The number of hydrogen-bond donors (Lipinski definition) is 0. The quantitative estimate of drug-likeness (QED) is 0.790. The van der Waals surface area contributed by atoms with E-state index in [0.717, 1.165) is 25.0 Å². The lowest BCUT2D eigenvalue weighted by atomic mass is 9.77. The van der Waals surface area contributed by atoms with Gasteiger partial charge in [0.2, 0.25) is 0 Å². The van der Waals surface area contributed by atoms with E-state index in [1.165, 1.54) is 18.4 Å². The van der Waals surface area contributed by atoms with Gasteiger partial charge in [-0.25, -0.2) is 0 Å². The van der Waals surface area contributed by atoms with Crippen LogP contribution in [0.1, 0.15) is 25.3 Å². The summed E-state index contributed by atoms with van der Waals surface area (Å²) in [4.78, 5) is 2.59. The van der Waals surface area contributed by atoms with Crippen LogP contribution < -0.4 is 0 Å². The van der Waals surface area contributed by atoms with E-state index in [2.05, 4.69) is 58.1 Å². The van der Waals surface area contributed by atoms with E-state index in [1.807, 2.05) is 0 Å². The van der Waals surface area contributed by atoms with Gasteiger partial charge in [0.15, 0.2) is 0 Å². The number of piperidine rings is 1. The van der Waals surface area contributed by atoms with E-state index in [4.69, 9.17) is 4.74 Å². The lowest BCUT2D eigenvalue weighted by Gasteiger charge is -2.42. The molecule has 0 saturated carbocycles. The highest BCUT2D eigenvalue weighted by Gasteiger charge is 2.49. The zero-order chi connectivity index (χ0) is 13.3. The molecule has 2 heterocycles. The molecule has 0 N–H and O–H groups in total. The summed E-state index contributed by atoms with van der Waals surface area (Å²) in [6.07, 6.45) is 3.23. The highest BCUT2D eigenvalue weighted by Crippen LogP contribution is 2.45. The molecule has 3 atom stereocenters. The van der Waals surface area contributed by atoms with Crippen LogP contribution in [0.3, 0.4) is 0 Å². The van der Waals surface area contributed by atoms with Gasteiger partial charge in [0.1, 0.15) is 0 Å². The fourth-order valence-corrected chi connectivity index (χ4v) is 4.47. The minimum atomic E-state index is 0.326. The molecular formula is C16H22BrNO. The van der Waals surface area contributed by atoms with E-state index in [0.29, 0.717) is 17.6 Å². The summed E-state index contributed by atoms with van der Waals surface area (Å²) < 4.78 is 6.10. The predicted octanol–water partition coefficient (Wildman–Crippen LogP) is 3.45. The summed E-state index contributed by atoms with van der Waals surface area (Å²) in [5.74, 6) is 0. The summed E-state index contributed by atoms with van der Waals surface area (Å²) >= 11 is 3.74. The number of ether oxygens (including phenoxy) is 1. The number of fused-ring (bicyclic) bond motifs is 1. The minimum absolute atomic E-state index is 0.326. The summed E-state index contributed by atoms with van der Waals surface area (Å²) in [7, 11) is 0. The maximum absolute atomic E-state index is 6.10.